The molecule has 0 saturated carbocycles. The first-order valence-corrected chi connectivity index (χ1v) is 9.32. The normalized spacial score (nSPS) is 11.5. The molecule has 0 atom stereocenters. The first-order chi connectivity index (χ1) is 11.9. The van der Waals surface area contributed by atoms with Crippen LogP contribution in [-0.2, 0) is 0 Å². The van der Waals surface area contributed by atoms with Crippen molar-refractivity contribution in [3.8, 4) is 0 Å². The van der Waals surface area contributed by atoms with Gasteiger partial charge in [-0.25, -0.2) is 9.97 Å². The quantitative estimate of drug-likeness (QED) is 0.415. The third kappa shape index (κ3) is 3.45. The van der Waals surface area contributed by atoms with Crippen molar-refractivity contribution in [3.05, 3.63) is 83.9 Å². The highest BCUT2D eigenvalue weighted by Crippen LogP contribution is 2.26. The number of rotatable bonds is 4. The van der Waals surface area contributed by atoms with Crippen molar-refractivity contribution in [2.24, 2.45) is 0 Å². The topological polar surface area (TPSA) is 25.8 Å². The van der Waals surface area contributed by atoms with Gasteiger partial charge in [0.05, 0.1) is 0 Å². The van der Waals surface area contributed by atoms with Crippen molar-refractivity contribution in [1.82, 2.24) is 9.97 Å². The molecule has 24 heavy (non-hydrogen) atoms. The molecule has 2 nitrogen and oxygen atoms in total. The molecule has 4 heteroatoms. The van der Waals surface area contributed by atoms with Crippen LogP contribution in [-0.4, -0.2) is 9.97 Å². The molecule has 0 radical (unpaired) electrons. The van der Waals surface area contributed by atoms with Gasteiger partial charge < -0.3 is 0 Å². The number of hydrogen-bond donors (Lipinski definition) is 0. The highest BCUT2D eigenvalue weighted by molar-refractivity contribution is 8.05. The van der Waals surface area contributed by atoms with Crippen molar-refractivity contribution < 1.29 is 0 Å². The second kappa shape index (κ2) is 7.07. The predicted molar refractivity (Wildman–Crippen MR) is 104 cm³/mol. The highest BCUT2D eigenvalue weighted by atomic mass is 32.2. The molecule has 2 aromatic carbocycles. The van der Waals surface area contributed by atoms with E-state index in [2.05, 4.69) is 57.2 Å². The largest absolute Gasteiger partial charge is 0.249 e. The lowest BCUT2D eigenvalue weighted by Crippen LogP contribution is -1.79. The van der Waals surface area contributed by atoms with E-state index >= 15 is 0 Å². The Morgan fingerprint density at radius 1 is 0.583 bits per heavy atom. The summed E-state index contributed by atoms with van der Waals surface area (Å²) in [6.45, 7) is 0. The van der Waals surface area contributed by atoms with Crippen LogP contribution in [0.5, 0.6) is 0 Å². The van der Waals surface area contributed by atoms with E-state index < -0.39 is 0 Å². The summed E-state index contributed by atoms with van der Waals surface area (Å²) in [7, 11) is 0. The van der Waals surface area contributed by atoms with E-state index in [4.69, 9.17) is 0 Å². The van der Waals surface area contributed by atoms with E-state index in [0.717, 1.165) is 10.1 Å². The van der Waals surface area contributed by atoms with E-state index in [-0.39, 0.29) is 0 Å². The van der Waals surface area contributed by atoms with Gasteiger partial charge >= 0.3 is 0 Å². The van der Waals surface area contributed by atoms with Crippen molar-refractivity contribution >= 4 is 45.1 Å². The number of fused-ring (bicyclic) bond motifs is 2. The Hall–Kier alpha value is -2.30. The van der Waals surface area contributed by atoms with Gasteiger partial charge in [-0.15, -0.1) is 0 Å². The van der Waals surface area contributed by atoms with E-state index in [0.29, 0.717) is 0 Å². The van der Waals surface area contributed by atoms with Gasteiger partial charge in [0.1, 0.15) is 10.1 Å². The fourth-order valence-corrected chi connectivity index (χ4v) is 3.79. The van der Waals surface area contributed by atoms with E-state index in [1.54, 1.807) is 23.5 Å². The lowest BCUT2D eigenvalue weighted by atomic mass is 10.2. The highest BCUT2D eigenvalue weighted by Gasteiger charge is 1.98. The fraction of sp³-hybridized carbons (Fsp3) is 0. The molecule has 0 N–H and O–H groups in total. The minimum atomic E-state index is 0.997. The fourth-order valence-electron chi connectivity index (χ4n) is 2.45. The first-order valence-electron chi connectivity index (χ1n) is 7.56. The number of nitrogens with zero attached hydrogens (tertiary/aromatic N) is 2. The van der Waals surface area contributed by atoms with E-state index in [1.807, 2.05) is 36.7 Å². The molecular formula is C20H14N2S2. The van der Waals surface area contributed by atoms with Gasteiger partial charge in [-0.05, 0) is 33.7 Å². The van der Waals surface area contributed by atoms with E-state index in [1.165, 1.54) is 21.5 Å². The molecule has 2 heterocycles. The second-order valence-corrected chi connectivity index (χ2v) is 7.10. The standard InChI is InChI=1S/C20H14N2S2/c1-3-7-17-13-21-19(11-15(17)5-1)23-9-10-24-20-12-16-6-2-4-8-18(16)14-22-20/h1-14H/b10-9-. The first kappa shape index (κ1) is 15.2. The third-order valence-electron chi connectivity index (χ3n) is 3.64. The van der Waals surface area contributed by atoms with Gasteiger partial charge in [0, 0.05) is 23.2 Å². The Morgan fingerprint density at radius 2 is 1.00 bits per heavy atom. The average molecular weight is 346 g/mol. The molecule has 0 aliphatic heterocycles. The molecule has 0 saturated heterocycles. The van der Waals surface area contributed by atoms with Gasteiger partial charge in [0.25, 0.3) is 0 Å². The number of aromatic nitrogens is 2. The van der Waals surface area contributed by atoms with Crippen LogP contribution in [0, 0.1) is 0 Å². The molecular weight excluding hydrogens is 332 g/mol. The lowest BCUT2D eigenvalue weighted by Gasteiger charge is -2.00. The molecule has 2 aromatic heterocycles. The summed E-state index contributed by atoms with van der Waals surface area (Å²) in [5.41, 5.74) is 0. The summed E-state index contributed by atoms with van der Waals surface area (Å²) < 4.78 is 0. The van der Waals surface area contributed by atoms with Crippen molar-refractivity contribution in [2.45, 2.75) is 10.1 Å². The number of pyridine rings is 2. The third-order valence-corrected chi connectivity index (χ3v) is 5.29. The van der Waals surface area contributed by atoms with Crippen LogP contribution < -0.4 is 0 Å². The maximum Gasteiger partial charge on any atom is 0.101 e. The minimum Gasteiger partial charge on any atom is -0.249 e. The summed E-state index contributed by atoms with van der Waals surface area (Å²) in [6.07, 6.45) is 3.84. The molecule has 116 valence electrons. The van der Waals surface area contributed by atoms with Crippen molar-refractivity contribution in [3.63, 3.8) is 0 Å². The Kier molecular flexibility index (Phi) is 4.49. The molecule has 4 rings (SSSR count). The summed E-state index contributed by atoms with van der Waals surface area (Å²) >= 11 is 3.24. The zero-order valence-corrected chi connectivity index (χ0v) is 14.4. The van der Waals surface area contributed by atoms with Crippen LogP contribution in [0.25, 0.3) is 21.5 Å². The molecule has 0 aliphatic carbocycles. The summed E-state index contributed by atoms with van der Waals surface area (Å²) in [5.74, 6) is 0. The van der Waals surface area contributed by atoms with Crippen LogP contribution in [0.1, 0.15) is 0 Å². The van der Waals surface area contributed by atoms with Gasteiger partial charge in [0.2, 0.25) is 0 Å². The minimum absolute atomic E-state index is 0.997. The van der Waals surface area contributed by atoms with Crippen molar-refractivity contribution in [2.75, 3.05) is 0 Å². The van der Waals surface area contributed by atoms with Crippen LogP contribution in [0.3, 0.4) is 0 Å². The molecule has 0 unspecified atom stereocenters. The van der Waals surface area contributed by atoms with Gasteiger partial charge in [-0.3, -0.25) is 0 Å². The van der Waals surface area contributed by atoms with Crippen LogP contribution in [0.15, 0.2) is 93.9 Å². The maximum atomic E-state index is 4.48. The van der Waals surface area contributed by atoms with E-state index in [9.17, 15) is 0 Å². The molecule has 0 spiro atoms. The Labute approximate surface area is 149 Å². The lowest BCUT2D eigenvalue weighted by molar-refractivity contribution is 1.16. The van der Waals surface area contributed by atoms with Gasteiger partial charge in [-0.1, -0.05) is 72.1 Å². The Balaban J connectivity index is 1.44. The number of benzene rings is 2. The zero-order valence-electron chi connectivity index (χ0n) is 12.8. The molecule has 4 aromatic rings. The Morgan fingerprint density at radius 3 is 1.46 bits per heavy atom. The monoisotopic (exact) mass is 346 g/mol. The Bertz CT molecular complexity index is 945. The zero-order chi connectivity index (χ0) is 16.2. The molecule has 0 aliphatic rings. The van der Waals surface area contributed by atoms with Gasteiger partial charge in [-0.2, -0.15) is 0 Å². The molecule has 0 amide bonds. The van der Waals surface area contributed by atoms with Crippen LogP contribution >= 0.6 is 23.5 Å². The van der Waals surface area contributed by atoms with Gasteiger partial charge in [0.15, 0.2) is 0 Å². The number of thioether (sulfide) groups is 2. The summed E-state index contributed by atoms with van der Waals surface area (Å²) in [5, 5.41) is 10.9. The average Bonchev–Trinajstić information content (AvgIpc) is 2.65. The SMILES string of the molecule is C(=C/Sc1cc2ccccc2cn1)/Sc1cc2ccccc2cn1. The van der Waals surface area contributed by atoms with Crippen LogP contribution in [0.2, 0.25) is 0 Å². The number of hydrogen-bond acceptors (Lipinski definition) is 4. The molecule has 0 bridgehead atoms. The van der Waals surface area contributed by atoms with Crippen LogP contribution in [0.4, 0.5) is 0 Å². The predicted octanol–water partition coefficient (Wildman–Crippen LogP) is 6.14. The second-order valence-electron chi connectivity index (χ2n) is 5.25. The smallest absolute Gasteiger partial charge is 0.101 e. The van der Waals surface area contributed by atoms with Crippen molar-refractivity contribution in [1.29, 1.82) is 0 Å². The molecule has 0 fully saturated rings. The summed E-state index contributed by atoms with van der Waals surface area (Å²) in [6, 6.07) is 20.8. The maximum absolute atomic E-state index is 4.48. The summed E-state index contributed by atoms with van der Waals surface area (Å²) in [4.78, 5) is 8.96.